The van der Waals surface area contributed by atoms with Gasteiger partial charge in [0.25, 0.3) is 5.91 Å². The molecule has 6 heteroatoms. The van der Waals surface area contributed by atoms with Gasteiger partial charge in [0, 0.05) is 24.8 Å². The number of carboxylic acid groups (broad SMARTS) is 1. The molecule has 0 bridgehead atoms. The third kappa shape index (κ3) is 3.32. The van der Waals surface area contributed by atoms with Gasteiger partial charge in [-0.2, -0.15) is 5.10 Å². The normalized spacial score (nSPS) is 15.5. The second-order valence-electron chi connectivity index (χ2n) is 6.41. The lowest BCUT2D eigenvalue weighted by atomic mass is 10.0. The maximum Gasteiger partial charge on any atom is 0.338 e. The van der Waals surface area contributed by atoms with Crippen molar-refractivity contribution < 1.29 is 14.7 Å². The maximum atomic E-state index is 12.7. The largest absolute Gasteiger partial charge is 0.478 e. The minimum Gasteiger partial charge on any atom is -0.478 e. The Hall–Kier alpha value is -2.63. The predicted molar refractivity (Wildman–Crippen MR) is 89.3 cm³/mol. The first-order valence-electron chi connectivity index (χ1n) is 8.09. The average Bonchev–Trinajstić information content (AvgIpc) is 3.03. The molecule has 1 aliphatic rings. The molecule has 0 aliphatic carbocycles. The Morgan fingerprint density at radius 2 is 1.71 bits per heavy atom. The first-order chi connectivity index (χ1) is 11.4. The number of aryl methyl sites for hydroxylation is 2. The number of hydrogen-bond acceptors (Lipinski definition) is 3. The van der Waals surface area contributed by atoms with Gasteiger partial charge < -0.3 is 10.0 Å². The van der Waals surface area contributed by atoms with Crippen molar-refractivity contribution in [1.29, 1.82) is 0 Å². The SMILES string of the molecule is Cc1cc(C)cc(C(=O)N2CCC(n3cc(C(=O)O)cn3)CC2)c1. The Morgan fingerprint density at radius 3 is 2.25 bits per heavy atom. The summed E-state index contributed by atoms with van der Waals surface area (Å²) in [6, 6.07) is 6.05. The summed E-state index contributed by atoms with van der Waals surface area (Å²) in [4.78, 5) is 25.5. The van der Waals surface area contributed by atoms with E-state index < -0.39 is 5.97 Å². The predicted octanol–water partition coefficient (Wildman–Crippen LogP) is 2.68. The number of carbonyl (C=O) groups is 2. The number of carbonyl (C=O) groups excluding carboxylic acids is 1. The fraction of sp³-hybridized carbons (Fsp3) is 0.389. The van der Waals surface area contributed by atoms with Crippen molar-refractivity contribution in [2.75, 3.05) is 13.1 Å². The standard InChI is InChI=1S/C18H21N3O3/c1-12-7-13(2)9-14(8-12)17(22)20-5-3-16(4-6-20)21-11-15(10-19-21)18(23)24/h7-11,16H,3-6H2,1-2H3,(H,23,24). The lowest BCUT2D eigenvalue weighted by Crippen LogP contribution is -2.39. The molecule has 126 valence electrons. The van der Waals surface area contributed by atoms with Crippen LogP contribution in [0.3, 0.4) is 0 Å². The number of likely N-dealkylation sites (tertiary alicyclic amines) is 1. The summed E-state index contributed by atoms with van der Waals surface area (Å²) >= 11 is 0. The molecule has 1 fully saturated rings. The highest BCUT2D eigenvalue weighted by molar-refractivity contribution is 5.94. The maximum absolute atomic E-state index is 12.7. The van der Waals surface area contributed by atoms with Crippen molar-refractivity contribution in [3.63, 3.8) is 0 Å². The molecule has 1 saturated heterocycles. The molecule has 24 heavy (non-hydrogen) atoms. The van der Waals surface area contributed by atoms with Crippen LogP contribution in [0, 0.1) is 13.8 Å². The van der Waals surface area contributed by atoms with Gasteiger partial charge in [0.15, 0.2) is 0 Å². The van der Waals surface area contributed by atoms with Crippen LogP contribution in [0.25, 0.3) is 0 Å². The van der Waals surface area contributed by atoms with Gasteiger partial charge >= 0.3 is 5.97 Å². The molecular weight excluding hydrogens is 306 g/mol. The molecule has 1 N–H and O–H groups in total. The average molecular weight is 327 g/mol. The van der Waals surface area contributed by atoms with Gasteiger partial charge in [0.2, 0.25) is 0 Å². The van der Waals surface area contributed by atoms with E-state index in [2.05, 4.69) is 11.2 Å². The number of amides is 1. The van der Waals surface area contributed by atoms with Crippen molar-refractivity contribution in [2.45, 2.75) is 32.7 Å². The number of piperidine rings is 1. The van der Waals surface area contributed by atoms with Gasteiger partial charge in [0.05, 0.1) is 17.8 Å². The Balaban J connectivity index is 1.65. The highest BCUT2D eigenvalue weighted by Gasteiger charge is 2.25. The van der Waals surface area contributed by atoms with Crippen molar-refractivity contribution >= 4 is 11.9 Å². The third-order valence-corrected chi connectivity index (χ3v) is 4.44. The van der Waals surface area contributed by atoms with Crippen LogP contribution in [0.4, 0.5) is 0 Å². The Morgan fingerprint density at radius 1 is 1.08 bits per heavy atom. The fourth-order valence-corrected chi connectivity index (χ4v) is 3.26. The fourth-order valence-electron chi connectivity index (χ4n) is 3.26. The quantitative estimate of drug-likeness (QED) is 0.940. The van der Waals surface area contributed by atoms with Gasteiger partial charge in [-0.25, -0.2) is 4.79 Å². The summed E-state index contributed by atoms with van der Waals surface area (Å²) in [5, 5.41) is 13.1. The smallest absolute Gasteiger partial charge is 0.338 e. The molecule has 6 nitrogen and oxygen atoms in total. The Kier molecular flexibility index (Phi) is 4.38. The molecule has 2 heterocycles. The van der Waals surface area contributed by atoms with Crippen molar-refractivity contribution in [3.8, 4) is 0 Å². The van der Waals surface area contributed by atoms with Gasteiger partial charge in [-0.05, 0) is 38.8 Å². The van der Waals surface area contributed by atoms with Gasteiger partial charge in [-0.3, -0.25) is 9.48 Å². The monoisotopic (exact) mass is 327 g/mol. The van der Waals surface area contributed by atoms with Crippen LogP contribution >= 0.6 is 0 Å². The van der Waals surface area contributed by atoms with Crippen molar-refractivity contribution in [1.82, 2.24) is 14.7 Å². The summed E-state index contributed by atoms with van der Waals surface area (Å²) in [7, 11) is 0. The minimum atomic E-state index is -0.969. The second kappa shape index (κ2) is 6.47. The lowest BCUT2D eigenvalue weighted by Gasteiger charge is -2.32. The summed E-state index contributed by atoms with van der Waals surface area (Å²) < 4.78 is 1.71. The van der Waals surface area contributed by atoms with Crippen LogP contribution in [0.1, 0.15) is 50.7 Å². The van der Waals surface area contributed by atoms with E-state index in [1.807, 2.05) is 30.9 Å². The van der Waals surface area contributed by atoms with Gasteiger partial charge in [-0.15, -0.1) is 0 Å². The van der Waals surface area contributed by atoms with E-state index in [1.54, 1.807) is 10.9 Å². The molecule has 0 spiro atoms. The van der Waals surface area contributed by atoms with E-state index in [9.17, 15) is 9.59 Å². The molecule has 0 unspecified atom stereocenters. The van der Waals surface area contributed by atoms with Crippen LogP contribution in [-0.2, 0) is 0 Å². The summed E-state index contributed by atoms with van der Waals surface area (Å²) in [5.74, 6) is -0.907. The van der Waals surface area contributed by atoms with Crippen LogP contribution in [0.2, 0.25) is 0 Å². The van der Waals surface area contributed by atoms with E-state index in [0.717, 1.165) is 29.5 Å². The summed E-state index contributed by atoms with van der Waals surface area (Å²) in [6.45, 7) is 5.29. The second-order valence-corrected chi connectivity index (χ2v) is 6.41. The molecule has 0 radical (unpaired) electrons. The first-order valence-corrected chi connectivity index (χ1v) is 8.09. The zero-order valence-electron chi connectivity index (χ0n) is 13.9. The molecule has 1 aromatic carbocycles. The van der Waals surface area contributed by atoms with Gasteiger partial charge in [0.1, 0.15) is 0 Å². The van der Waals surface area contributed by atoms with E-state index in [4.69, 9.17) is 5.11 Å². The van der Waals surface area contributed by atoms with Crippen molar-refractivity contribution in [2.24, 2.45) is 0 Å². The number of hydrogen-bond donors (Lipinski definition) is 1. The van der Waals surface area contributed by atoms with E-state index in [-0.39, 0.29) is 17.5 Å². The zero-order chi connectivity index (χ0) is 17.3. The first kappa shape index (κ1) is 16.2. The summed E-state index contributed by atoms with van der Waals surface area (Å²) in [6.07, 6.45) is 4.48. The third-order valence-electron chi connectivity index (χ3n) is 4.44. The highest BCUT2D eigenvalue weighted by Crippen LogP contribution is 2.24. The zero-order valence-corrected chi connectivity index (χ0v) is 13.9. The van der Waals surface area contributed by atoms with Crippen LogP contribution in [0.15, 0.2) is 30.6 Å². The molecule has 0 atom stereocenters. The van der Waals surface area contributed by atoms with Crippen molar-refractivity contribution in [3.05, 3.63) is 52.8 Å². The van der Waals surface area contributed by atoms with Crippen LogP contribution < -0.4 is 0 Å². The molecule has 1 aromatic heterocycles. The van der Waals surface area contributed by atoms with E-state index in [0.29, 0.717) is 13.1 Å². The molecule has 3 rings (SSSR count). The Bertz CT molecular complexity index is 753. The number of carboxylic acids is 1. The van der Waals surface area contributed by atoms with Gasteiger partial charge in [-0.1, -0.05) is 17.2 Å². The van der Waals surface area contributed by atoms with Crippen LogP contribution in [0.5, 0.6) is 0 Å². The van der Waals surface area contributed by atoms with E-state index >= 15 is 0 Å². The Labute approximate surface area is 140 Å². The number of benzene rings is 1. The highest BCUT2D eigenvalue weighted by atomic mass is 16.4. The number of aromatic carboxylic acids is 1. The number of rotatable bonds is 3. The molecule has 0 saturated carbocycles. The van der Waals surface area contributed by atoms with Crippen LogP contribution in [-0.4, -0.2) is 44.8 Å². The number of nitrogens with zero attached hydrogens (tertiary/aromatic N) is 3. The lowest BCUT2D eigenvalue weighted by molar-refractivity contribution is 0.0688. The minimum absolute atomic E-state index is 0.0620. The molecular formula is C18H21N3O3. The molecule has 1 amide bonds. The van der Waals surface area contributed by atoms with E-state index in [1.165, 1.54) is 6.20 Å². The molecule has 1 aliphatic heterocycles. The summed E-state index contributed by atoms with van der Waals surface area (Å²) in [5.41, 5.74) is 3.11. The molecule has 2 aromatic rings. The topological polar surface area (TPSA) is 75.4 Å². The number of aromatic nitrogens is 2.